The zero-order valence-corrected chi connectivity index (χ0v) is 14.4. The maximum atomic E-state index is 11.8. The third kappa shape index (κ3) is 6.10. The van der Waals surface area contributed by atoms with Crippen LogP contribution in [0.25, 0.3) is 0 Å². The SMILES string of the molecule is CC(C)(C)OC(=O)NC1CCC(NCc2ccccc2N)CC1. The molecule has 1 fully saturated rings. The number of ether oxygens (including phenoxy) is 1. The molecular formula is C18H29N3O2. The number of hydrogen-bond acceptors (Lipinski definition) is 4. The van der Waals surface area contributed by atoms with Gasteiger partial charge in [-0.3, -0.25) is 0 Å². The van der Waals surface area contributed by atoms with Crippen LogP contribution in [-0.2, 0) is 11.3 Å². The van der Waals surface area contributed by atoms with Crippen molar-refractivity contribution in [2.75, 3.05) is 5.73 Å². The molecule has 0 bridgehead atoms. The number of anilines is 1. The van der Waals surface area contributed by atoms with E-state index >= 15 is 0 Å². The molecular weight excluding hydrogens is 290 g/mol. The molecule has 0 aromatic heterocycles. The third-order valence-corrected chi connectivity index (χ3v) is 4.08. The molecule has 0 saturated heterocycles. The van der Waals surface area contributed by atoms with Crippen LogP contribution < -0.4 is 16.4 Å². The second kappa shape index (κ2) is 7.68. The van der Waals surface area contributed by atoms with Gasteiger partial charge in [0.25, 0.3) is 0 Å². The summed E-state index contributed by atoms with van der Waals surface area (Å²) in [7, 11) is 0. The Hall–Kier alpha value is -1.75. The van der Waals surface area contributed by atoms with Crippen LogP contribution in [0.4, 0.5) is 10.5 Å². The summed E-state index contributed by atoms with van der Waals surface area (Å²) in [6.45, 7) is 6.43. The molecule has 0 radical (unpaired) electrons. The molecule has 0 unspecified atom stereocenters. The van der Waals surface area contributed by atoms with E-state index in [1.54, 1.807) is 0 Å². The highest BCUT2D eigenvalue weighted by Gasteiger charge is 2.24. The van der Waals surface area contributed by atoms with Crippen LogP contribution in [0, 0.1) is 0 Å². The number of carbonyl (C=O) groups is 1. The Labute approximate surface area is 139 Å². The molecule has 0 heterocycles. The molecule has 0 atom stereocenters. The molecule has 1 aliphatic rings. The minimum atomic E-state index is -0.446. The first kappa shape index (κ1) is 17.6. The quantitative estimate of drug-likeness (QED) is 0.745. The topological polar surface area (TPSA) is 76.4 Å². The second-order valence-corrected chi connectivity index (χ2v) is 7.27. The minimum absolute atomic E-state index is 0.213. The van der Waals surface area contributed by atoms with Crippen LogP contribution in [0.2, 0.25) is 0 Å². The van der Waals surface area contributed by atoms with E-state index in [2.05, 4.69) is 16.7 Å². The zero-order chi connectivity index (χ0) is 16.9. The molecule has 1 aromatic rings. The Kier molecular flexibility index (Phi) is 5.88. The summed E-state index contributed by atoms with van der Waals surface area (Å²) in [5, 5.41) is 6.54. The fraction of sp³-hybridized carbons (Fsp3) is 0.611. The Morgan fingerprint density at radius 1 is 1.17 bits per heavy atom. The third-order valence-electron chi connectivity index (χ3n) is 4.08. The van der Waals surface area contributed by atoms with E-state index in [1.165, 1.54) is 0 Å². The van der Waals surface area contributed by atoms with Crippen LogP contribution >= 0.6 is 0 Å². The average Bonchev–Trinajstić information content (AvgIpc) is 2.46. The monoisotopic (exact) mass is 319 g/mol. The van der Waals surface area contributed by atoms with E-state index in [-0.39, 0.29) is 12.1 Å². The molecule has 1 amide bonds. The fourth-order valence-corrected chi connectivity index (χ4v) is 2.87. The lowest BCUT2D eigenvalue weighted by Crippen LogP contribution is -2.43. The van der Waals surface area contributed by atoms with E-state index in [1.807, 2.05) is 39.0 Å². The first-order chi connectivity index (χ1) is 10.8. The van der Waals surface area contributed by atoms with Crippen molar-refractivity contribution in [3.63, 3.8) is 0 Å². The van der Waals surface area contributed by atoms with Crippen LogP contribution in [0.5, 0.6) is 0 Å². The van der Waals surface area contributed by atoms with Crippen molar-refractivity contribution >= 4 is 11.8 Å². The van der Waals surface area contributed by atoms with E-state index < -0.39 is 5.60 Å². The number of nitrogen functional groups attached to an aromatic ring is 1. The molecule has 5 nitrogen and oxygen atoms in total. The number of benzene rings is 1. The van der Waals surface area contributed by atoms with Crippen molar-refractivity contribution in [3.05, 3.63) is 29.8 Å². The van der Waals surface area contributed by atoms with Crippen molar-refractivity contribution < 1.29 is 9.53 Å². The van der Waals surface area contributed by atoms with Crippen molar-refractivity contribution in [2.24, 2.45) is 0 Å². The lowest BCUT2D eigenvalue weighted by molar-refractivity contribution is 0.0489. The number of nitrogens with one attached hydrogen (secondary N) is 2. The number of alkyl carbamates (subject to hydrolysis) is 1. The van der Waals surface area contributed by atoms with Gasteiger partial charge in [0.05, 0.1) is 0 Å². The molecule has 1 aliphatic carbocycles. The first-order valence-corrected chi connectivity index (χ1v) is 8.40. The number of nitrogens with two attached hydrogens (primary N) is 1. The number of rotatable bonds is 4. The standard InChI is InChI=1S/C18H29N3O2/c1-18(2,3)23-17(22)21-15-10-8-14(9-11-15)20-12-13-6-4-5-7-16(13)19/h4-7,14-15,20H,8-12,19H2,1-3H3,(H,21,22). The van der Waals surface area contributed by atoms with E-state index in [0.717, 1.165) is 43.5 Å². The summed E-state index contributed by atoms with van der Waals surface area (Å²) in [5.74, 6) is 0. The first-order valence-electron chi connectivity index (χ1n) is 8.40. The van der Waals surface area contributed by atoms with Gasteiger partial charge >= 0.3 is 6.09 Å². The fourth-order valence-electron chi connectivity index (χ4n) is 2.87. The summed E-state index contributed by atoms with van der Waals surface area (Å²) in [4.78, 5) is 11.8. The molecule has 4 N–H and O–H groups in total. The smallest absolute Gasteiger partial charge is 0.407 e. The Morgan fingerprint density at radius 2 is 1.78 bits per heavy atom. The van der Waals surface area contributed by atoms with Gasteiger partial charge in [-0.05, 0) is 58.1 Å². The minimum Gasteiger partial charge on any atom is -0.444 e. The largest absolute Gasteiger partial charge is 0.444 e. The Bertz CT molecular complexity index is 517. The predicted octanol–water partition coefficient (Wildman–Crippen LogP) is 3.19. The molecule has 5 heteroatoms. The lowest BCUT2D eigenvalue weighted by Gasteiger charge is -2.30. The summed E-state index contributed by atoms with van der Waals surface area (Å²) in [6, 6.07) is 8.63. The van der Waals surface area contributed by atoms with Gasteiger partial charge in [0, 0.05) is 24.3 Å². The van der Waals surface area contributed by atoms with E-state index in [0.29, 0.717) is 6.04 Å². The second-order valence-electron chi connectivity index (χ2n) is 7.27. The summed E-state index contributed by atoms with van der Waals surface area (Å²) in [6.07, 6.45) is 3.73. The van der Waals surface area contributed by atoms with Gasteiger partial charge in [-0.25, -0.2) is 4.79 Å². The summed E-state index contributed by atoms with van der Waals surface area (Å²) in [5.41, 5.74) is 7.49. The van der Waals surface area contributed by atoms with Gasteiger partial charge < -0.3 is 21.1 Å². The van der Waals surface area contributed by atoms with Crippen LogP contribution in [0.15, 0.2) is 24.3 Å². The van der Waals surface area contributed by atoms with Crippen molar-refractivity contribution in [3.8, 4) is 0 Å². The average molecular weight is 319 g/mol. The van der Waals surface area contributed by atoms with Crippen LogP contribution in [0.3, 0.4) is 0 Å². The highest BCUT2D eigenvalue weighted by molar-refractivity contribution is 5.68. The van der Waals surface area contributed by atoms with Crippen molar-refractivity contribution in [2.45, 2.75) is 70.7 Å². The van der Waals surface area contributed by atoms with Gasteiger partial charge in [0.15, 0.2) is 0 Å². The van der Waals surface area contributed by atoms with Crippen molar-refractivity contribution in [1.29, 1.82) is 0 Å². The Morgan fingerprint density at radius 3 is 2.39 bits per heavy atom. The van der Waals surface area contributed by atoms with E-state index in [4.69, 9.17) is 10.5 Å². The number of para-hydroxylation sites is 1. The summed E-state index contributed by atoms with van der Waals surface area (Å²) >= 11 is 0. The van der Waals surface area contributed by atoms with Gasteiger partial charge in [-0.15, -0.1) is 0 Å². The molecule has 0 aliphatic heterocycles. The molecule has 0 spiro atoms. The maximum Gasteiger partial charge on any atom is 0.407 e. The highest BCUT2D eigenvalue weighted by atomic mass is 16.6. The van der Waals surface area contributed by atoms with Crippen molar-refractivity contribution in [1.82, 2.24) is 10.6 Å². The zero-order valence-electron chi connectivity index (χ0n) is 14.4. The van der Waals surface area contributed by atoms with Gasteiger partial charge in [-0.2, -0.15) is 0 Å². The highest BCUT2D eigenvalue weighted by Crippen LogP contribution is 2.20. The molecule has 2 rings (SSSR count). The molecule has 1 saturated carbocycles. The van der Waals surface area contributed by atoms with E-state index in [9.17, 15) is 4.79 Å². The summed E-state index contributed by atoms with van der Waals surface area (Å²) < 4.78 is 5.31. The van der Waals surface area contributed by atoms with Gasteiger partial charge in [0.1, 0.15) is 5.60 Å². The number of hydrogen-bond donors (Lipinski definition) is 3. The van der Waals surface area contributed by atoms with Crippen LogP contribution in [-0.4, -0.2) is 23.8 Å². The van der Waals surface area contributed by atoms with Crippen LogP contribution in [0.1, 0.15) is 52.0 Å². The number of carbonyl (C=O) groups excluding carboxylic acids is 1. The molecule has 23 heavy (non-hydrogen) atoms. The van der Waals surface area contributed by atoms with Gasteiger partial charge in [0.2, 0.25) is 0 Å². The normalized spacial score (nSPS) is 21.7. The molecule has 128 valence electrons. The molecule has 1 aromatic carbocycles. The Balaban J connectivity index is 1.70. The predicted molar refractivity (Wildman–Crippen MR) is 93.1 cm³/mol. The lowest BCUT2D eigenvalue weighted by atomic mass is 9.91. The maximum absolute atomic E-state index is 11.8. The number of amides is 1. The van der Waals surface area contributed by atoms with Gasteiger partial charge in [-0.1, -0.05) is 18.2 Å².